The second-order valence-corrected chi connectivity index (χ2v) is 10.1. The summed E-state index contributed by atoms with van der Waals surface area (Å²) >= 11 is 0. The zero-order chi connectivity index (χ0) is 22.4. The van der Waals surface area contributed by atoms with Gasteiger partial charge in [-0.2, -0.15) is 0 Å². The van der Waals surface area contributed by atoms with Crippen LogP contribution in [0.15, 0.2) is 48.5 Å². The minimum Gasteiger partial charge on any atom is -0.459 e. The van der Waals surface area contributed by atoms with Crippen molar-refractivity contribution in [1.82, 2.24) is 0 Å². The number of ether oxygens (including phenoxy) is 2. The molecule has 1 aliphatic heterocycles. The van der Waals surface area contributed by atoms with E-state index in [2.05, 4.69) is 21.1 Å². The quantitative estimate of drug-likeness (QED) is 0.454. The maximum atomic E-state index is 13.6. The third kappa shape index (κ3) is 4.40. The molecule has 0 aromatic heterocycles. The van der Waals surface area contributed by atoms with Gasteiger partial charge in [0.1, 0.15) is 18.2 Å². The maximum absolute atomic E-state index is 13.6. The van der Waals surface area contributed by atoms with Crippen molar-refractivity contribution in [1.29, 1.82) is 0 Å². The second kappa shape index (κ2) is 8.05. The highest BCUT2D eigenvalue weighted by Gasteiger charge is 2.54. The van der Waals surface area contributed by atoms with Crippen LogP contribution in [-0.4, -0.2) is 61.1 Å². The fraction of sp³-hybridized carbons (Fsp3) is 0.500. The Morgan fingerprint density at radius 2 is 1.48 bits per heavy atom. The van der Waals surface area contributed by atoms with Crippen LogP contribution in [0.3, 0.4) is 0 Å². The Balaban J connectivity index is 1.63. The molecule has 31 heavy (non-hydrogen) atoms. The molecule has 4 rings (SSSR count). The van der Waals surface area contributed by atoms with Gasteiger partial charge in [-0.05, 0) is 37.8 Å². The lowest BCUT2D eigenvalue weighted by Crippen LogP contribution is -2.50. The SMILES string of the molecule is Cc1ccc(C(O)(C(=O)O[C@@H]2CC[C@H]3OC3C([N+](C)(C)C)C2)c2ccc(C)cc2)cc1. The molecule has 2 unspecified atom stereocenters. The molecule has 0 radical (unpaired) electrons. The highest BCUT2D eigenvalue weighted by molar-refractivity contribution is 5.85. The van der Waals surface area contributed by atoms with Gasteiger partial charge in [0, 0.05) is 6.42 Å². The highest BCUT2D eigenvalue weighted by Crippen LogP contribution is 2.40. The largest absolute Gasteiger partial charge is 0.459 e. The highest BCUT2D eigenvalue weighted by atomic mass is 16.6. The predicted octanol–water partition coefficient (Wildman–Crippen LogP) is 3.48. The van der Waals surface area contributed by atoms with Gasteiger partial charge in [-0.15, -0.1) is 0 Å². The van der Waals surface area contributed by atoms with E-state index in [0.29, 0.717) is 11.1 Å². The number of carbonyl (C=O) groups is 1. The van der Waals surface area contributed by atoms with Gasteiger partial charge >= 0.3 is 5.97 Å². The third-order valence-electron chi connectivity index (χ3n) is 6.78. The Labute approximate surface area is 185 Å². The molecule has 0 bridgehead atoms. The summed E-state index contributed by atoms with van der Waals surface area (Å²) < 4.78 is 12.7. The van der Waals surface area contributed by atoms with Crippen molar-refractivity contribution >= 4 is 5.97 Å². The Hall–Kier alpha value is -2.21. The molecule has 2 aliphatic rings. The van der Waals surface area contributed by atoms with Crippen LogP contribution in [0.5, 0.6) is 0 Å². The number of benzene rings is 2. The van der Waals surface area contributed by atoms with Gasteiger partial charge in [0.15, 0.2) is 0 Å². The molecule has 4 atom stereocenters. The Morgan fingerprint density at radius 1 is 0.968 bits per heavy atom. The lowest BCUT2D eigenvalue weighted by molar-refractivity contribution is -0.897. The number of epoxide rings is 1. The summed E-state index contributed by atoms with van der Waals surface area (Å²) in [7, 11) is 6.47. The molecular weight excluding hydrogens is 390 g/mol. The van der Waals surface area contributed by atoms with Crippen molar-refractivity contribution in [3.05, 3.63) is 70.8 Å². The van der Waals surface area contributed by atoms with Crippen LogP contribution in [0, 0.1) is 13.8 Å². The van der Waals surface area contributed by atoms with Crippen molar-refractivity contribution in [2.45, 2.75) is 63.1 Å². The number of esters is 1. The Morgan fingerprint density at radius 3 is 1.97 bits per heavy atom. The maximum Gasteiger partial charge on any atom is 0.347 e. The summed E-state index contributed by atoms with van der Waals surface area (Å²) in [6.07, 6.45) is 2.62. The zero-order valence-corrected chi connectivity index (χ0v) is 19.2. The van der Waals surface area contributed by atoms with Gasteiger partial charge < -0.3 is 19.1 Å². The molecule has 2 fully saturated rings. The number of aliphatic hydroxyl groups is 1. The molecular formula is C26H34NO4+. The summed E-state index contributed by atoms with van der Waals surface area (Å²) in [5, 5.41) is 11.8. The number of quaternary nitrogens is 1. The van der Waals surface area contributed by atoms with Crippen LogP contribution in [0.25, 0.3) is 0 Å². The minimum atomic E-state index is -1.85. The van der Waals surface area contributed by atoms with Crippen molar-refractivity contribution < 1.29 is 23.9 Å². The molecule has 5 heteroatoms. The first-order valence-electron chi connectivity index (χ1n) is 11.1. The zero-order valence-electron chi connectivity index (χ0n) is 19.2. The lowest BCUT2D eigenvalue weighted by atomic mass is 9.85. The van der Waals surface area contributed by atoms with Gasteiger partial charge in [0.2, 0.25) is 5.60 Å². The van der Waals surface area contributed by atoms with Crippen LogP contribution >= 0.6 is 0 Å². The molecule has 5 nitrogen and oxygen atoms in total. The standard InChI is InChI=1S/C26H34NO4/c1-17-6-10-19(11-7-17)26(29,20-12-8-18(2)9-13-20)25(28)30-21-14-15-23-24(31-23)22(16-21)27(3,4)5/h6-13,21-24,29H,14-16H2,1-5H3/q+1/t21-,22?,23-,24?/m1/s1. The molecule has 1 saturated carbocycles. The number of aryl methyl sites for hydroxylation is 2. The summed E-state index contributed by atoms with van der Waals surface area (Å²) in [5.74, 6) is -0.609. The smallest absolute Gasteiger partial charge is 0.347 e. The van der Waals surface area contributed by atoms with E-state index in [0.717, 1.165) is 34.9 Å². The topological polar surface area (TPSA) is 59.1 Å². The van der Waals surface area contributed by atoms with Crippen LogP contribution in [0.2, 0.25) is 0 Å². The Bertz CT molecular complexity index is 884. The molecule has 1 saturated heterocycles. The molecule has 2 aromatic rings. The summed E-state index contributed by atoms with van der Waals surface area (Å²) in [6, 6.07) is 15.1. The van der Waals surface area contributed by atoms with E-state index in [9.17, 15) is 9.90 Å². The van der Waals surface area contributed by atoms with Crippen LogP contribution < -0.4 is 0 Å². The number of hydrogen-bond donors (Lipinski definition) is 1. The van der Waals surface area contributed by atoms with Gasteiger partial charge in [-0.25, -0.2) is 4.79 Å². The van der Waals surface area contributed by atoms with E-state index in [4.69, 9.17) is 9.47 Å². The molecule has 1 N–H and O–H groups in total. The van der Waals surface area contributed by atoms with E-state index >= 15 is 0 Å². The molecule has 1 aliphatic carbocycles. The van der Waals surface area contributed by atoms with E-state index in [-0.39, 0.29) is 24.4 Å². The number of likely N-dealkylation sites (N-methyl/N-ethyl adjacent to an activating group) is 1. The molecule has 1 heterocycles. The van der Waals surface area contributed by atoms with Crippen molar-refractivity contribution in [3.63, 3.8) is 0 Å². The number of nitrogens with zero attached hydrogens (tertiary/aromatic N) is 1. The first-order chi connectivity index (χ1) is 14.6. The van der Waals surface area contributed by atoms with Crippen molar-refractivity contribution in [2.24, 2.45) is 0 Å². The second-order valence-electron chi connectivity index (χ2n) is 10.1. The van der Waals surface area contributed by atoms with Crippen LogP contribution in [0.1, 0.15) is 41.5 Å². The lowest BCUT2D eigenvalue weighted by Gasteiger charge is -2.35. The molecule has 0 spiro atoms. The molecule has 2 aromatic carbocycles. The van der Waals surface area contributed by atoms with Gasteiger partial charge in [0.25, 0.3) is 0 Å². The van der Waals surface area contributed by atoms with Crippen LogP contribution in [-0.2, 0) is 19.9 Å². The number of carbonyl (C=O) groups excluding carboxylic acids is 1. The molecule has 166 valence electrons. The monoisotopic (exact) mass is 424 g/mol. The summed E-state index contributed by atoms with van der Waals surface area (Å²) in [6.45, 7) is 3.97. The normalized spacial score (nSPS) is 26.0. The molecule has 0 amide bonds. The van der Waals surface area contributed by atoms with Gasteiger partial charge in [-0.3, -0.25) is 0 Å². The first kappa shape index (κ1) is 22.0. The average Bonchev–Trinajstić information content (AvgIpc) is 3.49. The van der Waals surface area contributed by atoms with Crippen molar-refractivity contribution in [2.75, 3.05) is 21.1 Å². The van der Waals surface area contributed by atoms with E-state index in [1.807, 2.05) is 38.1 Å². The minimum absolute atomic E-state index is 0.233. The van der Waals surface area contributed by atoms with Gasteiger partial charge in [-0.1, -0.05) is 59.7 Å². The Kier molecular flexibility index (Phi) is 5.71. The third-order valence-corrected chi connectivity index (χ3v) is 6.78. The average molecular weight is 425 g/mol. The van der Waals surface area contributed by atoms with Crippen LogP contribution in [0.4, 0.5) is 0 Å². The number of fused-ring (bicyclic) bond motifs is 1. The van der Waals surface area contributed by atoms with Gasteiger partial charge in [0.05, 0.1) is 27.2 Å². The van der Waals surface area contributed by atoms with Crippen molar-refractivity contribution in [3.8, 4) is 0 Å². The van der Waals surface area contributed by atoms with E-state index in [1.165, 1.54) is 0 Å². The van der Waals surface area contributed by atoms with E-state index in [1.54, 1.807) is 24.3 Å². The first-order valence-corrected chi connectivity index (χ1v) is 11.1. The fourth-order valence-electron chi connectivity index (χ4n) is 4.69. The summed E-state index contributed by atoms with van der Waals surface area (Å²) in [5.41, 5.74) is 1.33. The number of rotatable bonds is 5. The predicted molar refractivity (Wildman–Crippen MR) is 120 cm³/mol. The fourth-order valence-corrected chi connectivity index (χ4v) is 4.69. The van der Waals surface area contributed by atoms with E-state index < -0.39 is 11.6 Å². The summed E-state index contributed by atoms with van der Waals surface area (Å²) in [4.78, 5) is 13.6. The number of hydrogen-bond acceptors (Lipinski definition) is 4.